The summed E-state index contributed by atoms with van der Waals surface area (Å²) in [5.41, 5.74) is 7.77. The van der Waals surface area contributed by atoms with Gasteiger partial charge in [0, 0.05) is 35.3 Å². The number of benzene rings is 1. The molecule has 1 aliphatic carbocycles. The van der Waals surface area contributed by atoms with Crippen LogP contribution in [0.2, 0.25) is 19.6 Å². The number of amides is 2. The average molecular weight is 542 g/mol. The minimum absolute atomic E-state index is 0.144. The van der Waals surface area contributed by atoms with Crippen LogP contribution in [-0.2, 0) is 11.2 Å². The topological polar surface area (TPSA) is 90.1 Å². The molecule has 3 N–H and O–H groups in total. The monoisotopic (exact) mass is 541 g/mol. The van der Waals surface area contributed by atoms with E-state index >= 15 is 0 Å². The number of para-hydroxylation sites is 1. The molecule has 2 atom stereocenters. The molecule has 3 heterocycles. The van der Waals surface area contributed by atoms with Crippen LogP contribution in [0.3, 0.4) is 0 Å². The number of H-pyrrole nitrogens is 1. The number of hydrogen-bond donors (Lipinski definition) is 3. The maximum atomic E-state index is 13.9. The molecule has 1 fully saturated rings. The van der Waals surface area contributed by atoms with Crippen molar-refractivity contribution >= 4 is 30.8 Å². The van der Waals surface area contributed by atoms with Gasteiger partial charge < -0.3 is 15.2 Å². The fourth-order valence-electron chi connectivity index (χ4n) is 5.31. The standard InChI is InChI=1S/C31H39N5O2Si/c1-5-6-17-32-27-19-24-23-12-7-8-13-25(23)35-29(24)30(36(27)28(37)16-18-39(2,3)4)21-14-15-26(33-20-21)31(38)34-22-10-9-11-22/h7-8,12-15,20,22,27,30,32,35H,5-6,9-11,17,19H2,1-4H3,(H,34,38)/t27-,30+/m1/s1. The molecule has 39 heavy (non-hydrogen) atoms. The summed E-state index contributed by atoms with van der Waals surface area (Å²) >= 11 is 0. The van der Waals surface area contributed by atoms with Gasteiger partial charge >= 0.3 is 0 Å². The molecule has 5 rings (SSSR count). The molecule has 2 amide bonds. The Bertz CT molecular complexity index is 1410. The van der Waals surface area contributed by atoms with E-state index in [0.717, 1.165) is 55.4 Å². The molecule has 8 heteroatoms. The number of rotatable bonds is 7. The van der Waals surface area contributed by atoms with Crippen molar-refractivity contribution in [3.63, 3.8) is 0 Å². The van der Waals surface area contributed by atoms with Crippen LogP contribution in [0, 0.1) is 11.5 Å². The van der Waals surface area contributed by atoms with Gasteiger partial charge in [-0.15, -0.1) is 5.54 Å². The Kier molecular flexibility index (Phi) is 7.92. The zero-order valence-electron chi connectivity index (χ0n) is 23.4. The third-order valence-corrected chi connectivity index (χ3v) is 8.47. The summed E-state index contributed by atoms with van der Waals surface area (Å²) in [6.45, 7) is 9.41. The summed E-state index contributed by atoms with van der Waals surface area (Å²) in [4.78, 5) is 36.7. The smallest absolute Gasteiger partial charge is 0.299 e. The van der Waals surface area contributed by atoms with Gasteiger partial charge in [-0.25, -0.2) is 0 Å². The van der Waals surface area contributed by atoms with Crippen LogP contribution in [0.5, 0.6) is 0 Å². The highest BCUT2D eigenvalue weighted by molar-refractivity contribution is 6.84. The van der Waals surface area contributed by atoms with Crippen LogP contribution >= 0.6 is 0 Å². The first-order valence-corrected chi connectivity index (χ1v) is 17.7. The van der Waals surface area contributed by atoms with Crippen molar-refractivity contribution in [3.8, 4) is 11.5 Å². The van der Waals surface area contributed by atoms with Gasteiger partial charge in [0.2, 0.25) is 0 Å². The second kappa shape index (κ2) is 11.4. The van der Waals surface area contributed by atoms with Crippen molar-refractivity contribution in [3.05, 3.63) is 65.1 Å². The van der Waals surface area contributed by atoms with E-state index in [1.165, 1.54) is 10.9 Å². The molecule has 7 nitrogen and oxygen atoms in total. The third kappa shape index (κ3) is 5.95. The molecule has 1 saturated carbocycles. The first kappa shape index (κ1) is 27.2. The van der Waals surface area contributed by atoms with Crippen LogP contribution in [0.25, 0.3) is 10.9 Å². The summed E-state index contributed by atoms with van der Waals surface area (Å²) in [6.07, 6.45) is 7.53. The Morgan fingerprint density at radius 2 is 1.95 bits per heavy atom. The highest BCUT2D eigenvalue weighted by Crippen LogP contribution is 2.40. The molecular weight excluding hydrogens is 502 g/mol. The van der Waals surface area contributed by atoms with Gasteiger partial charge in [-0.05, 0) is 61.4 Å². The normalized spacial score (nSPS) is 19.1. The van der Waals surface area contributed by atoms with E-state index in [4.69, 9.17) is 0 Å². The number of hydrogen-bond acceptors (Lipinski definition) is 4. The lowest BCUT2D eigenvalue weighted by atomic mass is 9.90. The molecule has 0 spiro atoms. The highest BCUT2D eigenvalue weighted by atomic mass is 28.3. The number of carbonyl (C=O) groups excluding carboxylic acids is 2. The lowest BCUT2D eigenvalue weighted by Gasteiger charge is -2.41. The zero-order valence-corrected chi connectivity index (χ0v) is 24.4. The Balaban J connectivity index is 1.57. The minimum atomic E-state index is -1.76. The van der Waals surface area contributed by atoms with E-state index in [1.807, 2.05) is 17.0 Å². The van der Waals surface area contributed by atoms with E-state index < -0.39 is 14.1 Å². The number of nitrogens with zero attached hydrogens (tertiary/aromatic N) is 2. The molecule has 0 saturated heterocycles. The van der Waals surface area contributed by atoms with Crippen LogP contribution in [0.1, 0.15) is 72.4 Å². The Morgan fingerprint density at radius 1 is 1.15 bits per heavy atom. The molecule has 0 unspecified atom stereocenters. The largest absolute Gasteiger partial charge is 0.356 e. The van der Waals surface area contributed by atoms with Crippen molar-refractivity contribution < 1.29 is 9.59 Å². The van der Waals surface area contributed by atoms with Crippen molar-refractivity contribution in [1.82, 2.24) is 25.5 Å². The number of aromatic nitrogens is 2. The van der Waals surface area contributed by atoms with Crippen molar-refractivity contribution in [2.24, 2.45) is 0 Å². The Hall–Kier alpha value is -3.41. The number of aromatic amines is 1. The number of carbonyl (C=O) groups is 2. The maximum absolute atomic E-state index is 13.9. The Labute approximate surface area is 232 Å². The number of unbranched alkanes of at least 4 members (excludes halogenated alkanes) is 1. The first-order valence-electron chi connectivity index (χ1n) is 14.2. The fourth-order valence-corrected chi connectivity index (χ4v) is 5.79. The molecule has 3 aromatic rings. The second-order valence-electron chi connectivity index (χ2n) is 11.8. The van der Waals surface area contributed by atoms with Gasteiger partial charge in [-0.1, -0.05) is 57.3 Å². The number of pyridine rings is 1. The molecule has 204 valence electrons. The van der Waals surface area contributed by atoms with E-state index in [1.54, 1.807) is 12.3 Å². The fraction of sp³-hybridized carbons (Fsp3) is 0.452. The highest BCUT2D eigenvalue weighted by Gasteiger charge is 2.40. The summed E-state index contributed by atoms with van der Waals surface area (Å²) in [6, 6.07) is 11.8. The number of nitrogens with one attached hydrogen (secondary N) is 3. The summed E-state index contributed by atoms with van der Waals surface area (Å²) in [5.74, 6) is 2.67. The molecule has 2 aromatic heterocycles. The van der Waals surface area contributed by atoms with E-state index in [2.05, 4.69) is 76.8 Å². The van der Waals surface area contributed by atoms with E-state index in [9.17, 15) is 9.59 Å². The summed E-state index contributed by atoms with van der Waals surface area (Å²) in [5, 5.41) is 7.89. The molecule has 1 aromatic carbocycles. The maximum Gasteiger partial charge on any atom is 0.299 e. The lowest BCUT2D eigenvalue weighted by molar-refractivity contribution is -0.130. The lowest BCUT2D eigenvalue weighted by Crippen LogP contribution is -2.54. The van der Waals surface area contributed by atoms with Gasteiger partial charge in [0.25, 0.3) is 11.8 Å². The van der Waals surface area contributed by atoms with Crippen molar-refractivity contribution in [2.75, 3.05) is 6.54 Å². The van der Waals surface area contributed by atoms with Crippen molar-refractivity contribution in [2.45, 2.75) is 83.3 Å². The predicted molar refractivity (Wildman–Crippen MR) is 158 cm³/mol. The molecule has 1 aliphatic heterocycles. The first-order chi connectivity index (χ1) is 18.7. The van der Waals surface area contributed by atoms with Gasteiger partial charge in [0.1, 0.15) is 19.8 Å². The van der Waals surface area contributed by atoms with Gasteiger partial charge in [0.15, 0.2) is 0 Å². The van der Waals surface area contributed by atoms with Crippen LogP contribution in [-0.4, -0.2) is 53.5 Å². The van der Waals surface area contributed by atoms with Crippen LogP contribution < -0.4 is 10.6 Å². The van der Waals surface area contributed by atoms with Crippen LogP contribution in [0.15, 0.2) is 42.6 Å². The minimum Gasteiger partial charge on any atom is -0.356 e. The molecule has 0 bridgehead atoms. The molecule has 2 aliphatic rings. The van der Waals surface area contributed by atoms with Gasteiger partial charge in [-0.3, -0.25) is 19.9 Å². The summed E-state index contributed by atoms with van der Waals surface area (Å²) in [7, 11) is -1.76. The molecular formula is C31H39N5O2Si. The number of fused-ring (bicyclic) bond motifs is 3. The quantitative estimate of drug-likeness (QED) is 0.225. The van der Waals surface area contributed by atoms with Gasteiger partial charge in [0.05, 0.1) is 6.17 Å². The van der Waals surface area contributed by atoms with Crippen molar-refractivity contribution in [1.29, 1.82) is 0 Å². The zero-order chi connectivity index (χ0) is 27.6. The van der Waals surface area contributed by atoms with E-state index in [-0.39, 0.29) is 24.0 Å². The van der Waals surface area contributed by atoms with Crippen LogP contribution in [0.4, 0.5) is 0 Å². The Morgan fingerprint density at radius 3 is 2.62 bits per heavy atom. The third-order valence-electron chi connectivity index (χ3n) is 7.60. The second-order valence-corrected chi connectivity index (χ2v) is 16.5. The van der Waals surface area contributed by atoms with Gasteiger partial charge in [-0.2, -0.15) is 0 Å². The SMILES string of the molecule is CCCCN[C@H]1Cc2c([nH]c3ccccc23)[C@H](c2ccc(C(=O)NC3CCC3)nc2)N1C(=O)C#C[Si](C)(C)C. The summed E-state index contributed by atoms with van der Waals surface area (Å²) < 4.78 is 0. The predicted octanol–water partition coefficient (Wildman–Crippen LogP) is 4.92. The average Bonchev–Trinajstić information content (AvgIpc) is 3.26. The molecule has 0 radical (unpaired) electrons. The van der Waals surface area contributed by atoms with E-state index in [0.29, 0.717) is 12.1 Å².